The van der Waals surface area contributed by atoms with Crippen LogP contribution in [0.1, 0.15) is 44.3 Å². The third-order valence-electron chi connectivity index (χ3n) is 2.26. The molecule has 98 valence electrons. The quantitative estimate of drug-likeness (QED) is 0.706. The molecule has 0 spiro atoms. The van der Waals surface area contributed by atoms with Gasteiger partial charge in [0.25, 0.3) is 0 Å². The van der Waals surface area contributed by atoms with Crippen LogP contribution < -0.4 is 0 Å². The molecule has 0 bridgehead atoms. The molecule has 4 nitrogen and oxygen atoms in total. The summed E-state index contributed by atoms with van der Waals surface area (Å²) in [6, 6.07) is 0. The minimum atomic E-state index is -2.91. The van der Waals surface area contributed by atoms with Crippen LogP contribution in [0.15, 0.2) is 5.38 Å². The fourth-order valence-electron chi connectivity index (χ4n) is 1.23. The molecule has 0 radical (unpaired) electrons. The van der Waals surface area contributed by atoms with E-state index >= 15 is 0 Å². The monoisotopic (exact) mass is 277 g/mol. The van der Waals surface area contributed by atoms with Gasteiger partial charge in [0.05, 0.1) is 12.3 Å². The fourth-order valence-corrected chi connectivity index (χ4v) is 3.33. The van der Waals surface area contributed by atoms with Crippen molar-refractivity contribution in [2.24, 2.45) is 0 Å². The average molecular weight is 277 g/mol. The lowest BCUT2D eigenvalue weighted by Gasteiger charge is -2.14. The van der Waals surface area contributed by atoms with Crippen molar-refractivity contribution in [1.29, 1.82) is 0 Å². The second-order valence-corrected chi connectivity index (χ2v) is 7.25. The molecular weight excluding hydrogens is 257 g/mol. The van der Waals surface area contributed by atoms with Gasteiger partial charge in [0.15, 0.2) is 0 Å². The number of rotatable bonds is 7. The van der Waals surface area contributed by atoms with Crippen LogP contribution in [0.2, 0.25) is 0 Å². The first kappa shape index (κ1) is 14.8. The van der Waals surface area contributed by atoms with Crippen LogP contribution in [0.4, 0.5) is 0 Å². The van der Waals surface area contributed by atoms with E-state index in [9.17, 15) is 4.57 Å². The molecule has 1 aromatic rings. The number of thiazole rings is 1. The van der Waals surface area contributed by atoms with Crippen molar-refractivity contribution in [3.05, 3.63) is 16.1 Å². The zero-order valence-corrected chi connectivity index (χ0v) is 12.5. The van der Waals surface area contributed by atoms with Gasteiger partial charge in [0.2, 0.25) is 0 Å². The Bertz CT molecular complexity index is 392. The topological polar surface area (TPSA) is 48.4 Å². The van der Waals surface area contributed by atoms with Gasteiger partial charge in [0.1, 0.15) is 11.6 Å². The number of hydrogen-bond donors (Lipinski definition) is 0. The van der Waals surface area contributed by atoms with Crippen LogP contribution in [-0.4, -0.2) is 17.8 Å². The SMILES string of the molecule is CCOP(=O)(CC)OCc1nc(C(C)C)cs1. The van der Waals surface area contributed by atoms with Crippen LogP contribution in [0.5, 0.6) is 0 Å². The molecule has 0 aliphatic carbocycles. The molecule has 0 aliphatic rings. The molecule has 0 aromatic carbocycles. The van der Waals surface area contributed by atoms with Gasteiger partial charge in [-0.25, -0.2) is 4.98 Å². The van der Waals surface area contributed by atoms with Gasteiger partial charge in [-0.3, -0.25) is 4.57 Å². The van der Waals surface area contributed by atoms with Gasteiger partial charge < -0.3 is 9.05 Å². The first-order chi connectivity index (χ1) is 8.00. The Morgan fingerprint density at radius 2 is 2.12 bits per heavy atom. The van der Waals surface area contributed by atoms with Crippen LogP contribution in [0, 0.1) is 0 Å². The largest absolute Gasteiger partial charge is 0.330 e. The molecule has 0 saturated heterocycles. The Morgan fingerprint density at radius 3 is 2.59 bits per heavy atom. The summed E-state index contributed by atoms with van der Waals surface area (Å²) in [4.78, 5) is 4.42. The molecule has 0 saturated carbocycles. The van der Waals surface area contributed by atoms with E-state index in [0.717, 1.165) is 10.7 Å². The van der Waals surface area contributed by atoms with Crippen LogP contribution in [0.3, 0.4) is 0 Å². The van der Waals surface area contributed by atoms with Crippen LogP contribution >= 0.6 is 18.9 Å². The normalized spacial score (nSPS) is 15.1. The first-order valence-corrected chi connectivity index (χ1v) is 8.44. The Labute approximate surface area is 107 Å². The first-order valence-electron chi connectivity index (χ1n) is 5.83. The molecule has 0 fully saturated rings. The zero-order valence-electron chi connectivity index (χ0n) is 10.8. The molecule has 1 aromatic heterocycles. The summed E-state index contributed by atoms with van der Waals surface area (Å²) < 4.78 is 22.6. The predicted molar refractivity (Wildman–Crippen MR) is 70.8 cm³/mol. The molecule has 1 atom stereocenters. The highest BCUT2D eigenvalue weighted by molar-refractivity contribution is 7.53. The van der Waals surface area contributed by atoms with E-state index in [1.807, 2.05) is 12.3 Å². The van der Waals surface area contributed by atoms with Gasteiger partial charge in [-0.1, -0.05) is 20.8 Å². The van der Waals surface area contributed by atoms with E-state index < -0.39 is 7.60 Å². The van der Waals surface area contributed by atoms with E-state index in [1.54, 1.807) is 6.92 Å². The van der Waals surface area contributed by atoms with Gasteiger partial charge in [-0.15, -0.1) is 11.3 Å². The van der Waals surface area contributed by atoms with Gasteiger partial charge >= 0.3 is 7.60 Å². The lowest BCUT2D eigenvalue weighted by atomic mass is 10.2. The van der Waals surface area contributed by atoms with Crippen molar-refractivity contribution in [2.45, 2.75) is 40.2 Å². The Hall–Kier alpha value is -0.220. The highest BCUT2D eigenvalue weighted by atomic mass is 32.1. The molecule has 6 heteroatoms. The smallest absolute Gasteiger partial charge is 0.309 e. The van der Waals surface area contributed by atoms with Crippen LogP contribution in [0.25, 0.3) is 0 Å². The summed E-state index contributed by atoms with van der Waals surface area (Å²) in [6.45, 7) is 8.47. The Kier molecular flexibility index (Phi) is 5.80. The Morgan fingerprint density at radius 1 is 1.41 bits per heavy atom. The molecule has 1 unspecified atom stereocenters. The van der Waals surface area contributed by atoms with Gasteiger partial charge in [-0.2, -0.15) is 0 Å². The van der Waals surface area contributed by atoms with Crippen molar-refractivity contribution >= 4 is 18.9 Å². The number of nitrogens with zero attached hydrogens (tertiary/aromatic N) is 1. The minimum absolute atomic E-state index is 0.266. The standard InChI is InChI=1S/C11H20NO3PS/c1-5-14-16(13,6-2)15-7-11-12-10(8-17-11)9(3)4/h8-9H,5-7H2,1-4H3. The lowest BCUT2D eigenvalue weighted by Crippen LogP contribution is -1.99. The van der Waals surface area contributed by atoms with Crippen molar-refractivity contribution in [1.82, 2.24) is 4.98 Å². The van der Waals surface area contributed by atoms with Crippen molar-refractivity contribution in [2.75, 3.05) is 12.8 Å². The summed E-state index contributed by atoms with van der Waals surface area (Å²) in [5, 5.41) is 2.86. The average Bonchev–Trinajstić information content (AvgIpc) is 2.76. The maximum absolute atomic E-state index is 12.0. The number of hydrogen-bond acceptors (Lipinski definition) is 5. The lowest BCUT2D eigenvalue weighted by molar-refractivity contribution is 0.205. The van der Waals surface area contributed by atoms with E-state index in [1.165, 1.54) is 11.3 Å². The molecule has 1 rings (SSSR count). The van der Waals surface area contributed by atoms with E-state index in [4.69, 9.17) is 9.05 Å². The molecule has 0 N–H and O–H groups in total. The summed E-state index contributed by atoms with van der Waals surface area (Å²) in [6.07, 6.45) is 0.392. The molecule has 0 aliphatic heterocycles. The van der Waals surface area contributed by atoms with Gasteiger partial charge in [0, 0.05) is 11.5 Å². The number of aromatic nitrogens is 1. The molecule has 1 heterocycles. The van der Waals surface area contributed by atoms with E-state index in [0.29, 0.717) is 18.7 Å². The third kappa shape index (κ3) is 4.51. The Balaban J connectivity index is 2.57. The van der Waals surface area contributed by atoms with Gasteiger partial charge in [-0.05, 0) is 12.8 Å². The predicted octanol–water partition coefficient (Wildman–Crippen LogP) is 4.03. The molecular formula is C11H20NO3PS. The summed E-state index contributed by atoms with van der Waals surface area (Å²) in [7, 11) is -2.91. The maximum atomic E-state index is 12.0. The van der Waals surface area contributed by atoms with Crippen molar-refractivity contribution < 1.29 is 13.6 Å². The van der Waals surface area contributed by atoms with Crippen LogP contribution in [-0.2, 0) is 20.2 Å². The fraction of sp³-hybridized carbons (Fsp3) is 0.727. The second kappa shape index (κ2) is 6.64. The highest BCUT2D eigenvalue weighted by Gasteiger charge is 2.21. The minimum Gasteiger partial charge on any atom is -0.309 e. The summed E-state index contributed by atoms with van der Waals surface area (Å²) in [5.74, 6) is 0.407. The second-order valence-electron chi connectivity index (χ2n) is 3.94. The molecule has 17 heavy (non-hydrogen) atoms. The summed E-state index contributed by atoms with van der Waals surface area (Å²) >= 11 is 1.53. The van der Waals surface area contributed by atoms with E-state index in [2.05, 4.69) is 18.8 Å². The van der Waals surface area contributed by atoms with E-state index in [-0.39, 0.29) is 6.61 Å². The maximum Gasteiger partial charge on any atom is 0.330 e. The zero-order chi connectivity index (χ0) is 12.9. The van der Waals surface area contributed by atoms with Crippen molar-refractivity contribution in [3.63, 3.8) is 0 Å². The molecule has 0 amide bonds. The van der Waals surface area contributed by atoms with Crippen molar-refractivity contribution in [3.8, 4) is 0 Å². The summed E-state index contributed by atoms with van der Waals surface area (Å²) in [5.41, 5.74) is 1.05. The third-order valence-corrected chi connectivity index (χ3v) is 5.05. The highest BCUT2D eigenvalue weighted by Crippen LogP contribution is 2.48.